The third-order valence-corrected chi connectivity index (χ3v) is 4.18. The molecule has 5 nitrogen and oxygen atoms in total. The Balaban J connectivity index is 1.66. The maximum absolute atomic E-state index is 12.6. The summed E-state index contributed by atoms with van der Waals surface area (Å²) in [5.74, 6) is 0.0451. The van der Waals surface area contributed by atoms with Crippen LogP contribution in [0.3, 0.4) is 0 Å². The zero-order valence-electron chi connectivity index (χ0n) is 15.9. The Bertz CT molecular complexity index is 984. The molecule has 2 N–H and O–H groups in total. The van der Waals surface area contributed by atoms with Crippen LogP contribution in [-0.2, 0) is 4.79 Å². The van der Waals surface area contributed by atoms with E-state index in [9.17, 15) is 9.59 Å². The summed E-state index contributed by atoms with van der Waals surface area (Å²) < 4.78 is 5.64. The van der Waals surface area contributed by atoms with Gasteiger partial charge in [-0.25, -0.2) is 0 Å². The van der Waals surface area contributed by atoms with E-state index in [1.54, 1.807) is 36.4 Å². The van der Waals surface area contributed by atoms with E-state index in [1.807, 2.05) is 50.2 Å². The maximum Gasteiger partial charge on any atom is 0.262 e. The molecule has 0 heterocycles. The molecular weight excluding hydrogens is 352 g/mol. The van der Waals surface area contributed by atoms with Crippen molar-refractivity contribution in [1.82, 2.24) is 0 Å². The minimum Gasteiger partial charge on any atom is -0.483 e. The van der Waals surface area contributed by atoms with Gasteiger partial charge in [-0.15, -0.1) is 0 Å². The van der Waals surface area contributed by atoms with Crippen LogP contribution in [0, 0.1) is 13.8 Å². The van der Waals surface area contributed by atoms with Crippen LogP contribution in [0.5, 0.6) is 5.75 Å². The second-order valence-electron chi connectivity index (χ2n) is 6.47. The first-order valence-corrected chi connectivity index (χ1v) is 8.98. The lowest BCUT2D eigenvalue weighted by Crippen LogP contribution is -2.23. The molecule has 5 heteroatoms. The molecule has 142 valence electrons. The maximum atomic E-state index is 12.6. The average Bonchev–Trinajstić information content (AvgIpc) is 2.70. The fourth-order valence-electron chi connectivity index (χ4n) is 2.70. The van der Waals surface area contributed by atoms with Crippen molar-refractivity contribution in [3.05, 3.63) is 89.5 Å². The molecule has 0 atom stereocenters. The minimum atomic E-state index is -0.333. The summed E-state index contributed by atoms with van der Waals surface area (Å²) >= 11 is 0. The summed E-state index contributed by atoms with van der Waals surface area (Å²) in [6, 6.07) is 21.9. The van der Waals surface area contributed by atoms with Gasteiger partial charge in [-0.2, -0.15) is 0 Å². The van der Waals surface area contributed by atoms with Gasteiger partial charge in [-0.3, -0.25) is 9.59 Å². The summed E-state index contributed by atoms with van der Waals surface area (Å²) in [7, 11) is 0. The quantitative estimate of drug-likeness (QED) is 0.664. The molecule has 0 aliphatic carbocycles. The fraction of sp³-hybridized carbons (Fsp3) is 0.130. The molecule has 0 unspecified atom stereocenters. The van der Waals surface area contributed by atoms with Crippen LogP contribution in [0.4, 0.5) is 11.4 Å². The van der Waals surface area contributed by atoms with Crippen LogP contribution in [0.2, 0.25) is 0 Å². The number of rotatable bonds is 6. The monoisotopic (exact) mass is 374 g/mol. The molecule has 0 saturated heterocycles. The highest BCUT2D eigenvalue weighted by atomic mass is 16.5. The van der Waals surface area contributed by atoms with Crippen LogP contribution >= 0.6 is 0 Å². The van der Waals surface area contributed by atoms with Gasteiger partial charge >= 0.3 is 0 Å². The van der Waals surface area contributed by atoms with Crippen molar-refractivity contribution in [3.63, 3.8) is 0 Å². The highest BCUT2D eigenvalue weighted by Crippen LogP contribution is 2.20. The van der Waals surface area contributed by atoms with E-state index >= 15 is 0 Å². The van der Waals surface area contributed by atoms with Gasteiger partial charge in [0.05, 0.1) is 11.3 Å². The Morgan fingerprint density at radius 3 is 2.36 bits per heavy atom. The van der Waals surface area contributed by atoms with Crippen molar-refractivity contribution in [3.8, 4) is 5.75 Å². The predicted molar refractivity (Wildman–Crippen MR) is 111 cm³/mol. The molecular formula is C23H22N2O3. The first-order valence-electron chi connectivity index (χ1n) is 8.98. The van der Waals surface area contributed by atoms with Gasteiger partial charge < -0.3 is 15.4 Å². The van der Waals surface area contributed by atoms with Crippen LogP contribution < -0.4 is 15.4 Å². The van der Waals surface area contributed by atoms with Crippen molar-refractivity contribution in [2.45, 2.75) is 13.8 Å². The molecule has 3 aromatic rings. The number of carbonyl (C=O) groups excluding carboxylic acids is 2. The van der Waals surface area contributed by atoms with E-state index in [-0.39, 0.29) is 18.4 Å². The Morgan fingerprint density at radius 1 is 0.857 bits per heavy atom. The number of anilines is 2. The number of hydrogen-bond donors (Lipinski definition) is 2. The standard InChI is InChI=1S/C23H22N2O3/c1-16-12-13-17(2)21(14-16)28-15-22(26)25-20-11-7-6-10-19(20)23(27)24-18-8-4-3-5-9-18/h3-14H,15H2,1-2H3,(H,24,27)(H,25,26). The van der Waals surface area contributed by atoms with Crippen molar-refractivity contribution in [2.24, 2.45) is 0 Å². The lowest BCUT2D eigenvalue weighted by molar-refractivity contribution is -0.118. The summed E-state index contributed by atoms with van der Waals surface area (Å²) in [5, 5.41) is 5.58. The second kappa shape index (κ2) is 8.86. The van der Waals surface area contributed by atoms with Crippen molar-refractivity contribution in [1.29, 1.82) is 0 Å². The Kier molecular flexibility index (Phi) is 6.07. The zero-order valence-corrected chi connectivity index (χ0v) is 15.9. The summed E-state index contributed by atoms with van der Waals surface area (Å²) in [5.41, 5.74) is 3.52. The van der Waals surface area contributed by atoms with Crippen LogP contribution in [0.15, 0.2) is 72.8 Å². The lowest BCUT2D eigenvalue weighted by atomic mass is 10.1. The number of para-hydroxylation sites is 2. The van der Waals surface area contributed by atoms with Gasteiger partial charge in [-0.05, 0) is 55.3 Å². The molecule has 0 aliphatic heterocycles. The van der Waals surface area contributed by atoms with Gasteiger partial charge in [0.25, 0.3) is 11.8 Å². The third-order valence-electron chi connectivity index (χ3n) is 4.18. The molecule has 3 aromatic carbocycles. The van der Waals surface area contributed by atoms with E-state index in [4.69, 9.17) is 4.74 Å². The second-order valence-corrected chi connectivity index (χ2v) is 6.47. The summed E-state index contributed by atoms with van der Waals surface area (Å²) in [4.78, 5) is 24.9. The Morgan fingerprint density at radius 2 is 1.57 bits per heavy atom. The third kappa shape index (κ3) is 4.98. The van der Waals surface area contributed by atoms with Gasteiger partial charge in [0, 0.05) is 5.69 Å². The molecule has 0 bridgehead atoms. The molecule has 2 amide bonds. The molecule has 0 radical (unpaired) electrons. The summed E-state index contributed by atoms with van der Waals surface area (Å²) in [6.07, 6.45) is 0. The molecule has 3 rings (SSSR count). The molecule has 0 aliphatic rings. The normalized spacial score (nSPS) is 10.2. The van der Waals surface area contributed by atoms with Crippen LogP contribution in [0.25, 0.3) is 0 Å². The van der Waals surface area contributed by atoms with Crippen LogP contribution in [-0.4, -0.2) is 18.4 Å². The van der Waals surface area contributed by atoms with E-state index in [2.05, 4.69) is 10.6 Å². The van der Waals surface area contributed by atoms with Crippen molar-refractivity contribution >= 4 is 23.2 Å². The molecule has 0 fully saturated rings. The van der Waals surface area contributed by atoms with E-state index in [0.717, 1.165) is 11.1 Å². The number of hydrogen-bond acceptors (Lipinski definition) is 3. The highest BCUT2D eigenvalue weighted by Gasteiger charge is 2.14. The predicted octanol–water partition coefficient (Wildman–Crippen LogP) is 4.57. The van der Waals surface area contributed by atoms with E-state index < -0.39 is 0 Å². The van der Waals surface area contributed by atoms with E-state index in [0.29, 0.717) is 22.7 Å². The minimum absolute atomic E-state index is 0.140. The Labute approximate surface area is 164 Å². The fourth-order valence-corrected chi connectivity index (χ4v) is 2.70. The SMILES string of the molecule is Cc1ccc(C)c(OCC(=O)Nc2ccccc2C(=O)Nc2ccccc2)c1. The molecule has 0 saturated carbocycles. The van der Waals surface area contributed by atoms with Gasteiger partial charge in [0.2, 0.25) is 0 Å². The van der Waals surface area contributed by atoms with Gasteiger partial charge in [-0.1, -0.05) is 42.5 Å². The molecule has 28 heavy (non-hydrogen) atoms. The number of carbonyl (C=O) groups is 2. The first-order chi connectivity index (χ1) is 13.5. The number of ether oxygens (including phenoxy) is 1. The number of aryl methyl sites for hydroxylation is 2. The van der Waals surface area contributed by atoms with Gasteiger partial charge in [0.1, 0.15) is 5.75 Å². The number of nitrogens with one attached hydrogen (secondary N) is 2. The van der Waals surface area contributed by atoms with Crippen LogP contribution in [0.1, 0.15) is 21.5 Å². The van der Waals surface area contributed by atoms with Crippen molar-refractivity contribution in [2.75, 3.05) is 17.2 Å². The highest BCUT2D eigenvalue weighted by molar-refractivity contribution is 6.10. The van der Waals surface area contributed by atoms with Gasteiger partial charge in [0.15, 0.2) is 6.61 Å². The Hall–Kier alpha value is -3.60. The summed E-state index contributed by atoms with van der Waals surface area (Å²) in [6.45, 7) is 3.75. The first kappa shape index (κ1) is 19.2. The van der Waals surface area contributed by atoms with Crippen molar-refractivity contribution < 1.29 is 14.3 Å². The topological polar surface area (TPSA) is 67.4 Å². The van der Waals surface area contributed by atoms with E-state index in [1.165, 1.54) is 0 Å². The number of benzene rings is 3. The smallest absolute Gasteiger partial charge is 0.262 e. The molecule has 0 aromatic heterocycles. The zero-order chi connectivity index (χ0) is 19.9. The molecule has 0 spiro atoms. The number of amides is 2. The average molecular weight is 374 g/mol. The largest absolute Gasteiger partial charge is 0.483 e. The lowest BCUT2D eigenvalue weighted by Gasteiger charge is -2.13.